The fourth-order valence-corrected chi connectivity index (χ4v) is 3.04. The molecule has 0 spiro atoms. The van der Waals surface area contributed by atoms with Gasteiger partial charge in [0.2, 0.25) is 0 Å². The molecule has 0 rings (SSSR count). The quantitative estimate of drug-likeness (QED) is 0.360. The molecule has 0 aliphatic heterocycles. The summed E-state index contributed by atoms with van der Waals surface area (Å²) in [6.07, 6.45) is 4.66. The first-order chi connectivity index (χ1) is 6.70. The molecule has 0 fully saturated rings. The van der Waals surface area contributed by atoms with Gasteiger partial charge in [-0.05, 0) is 31.0 Å². The summed E-state index contributed by atoms with van der Waals surface area (Å²) in [7, 11) is -1.66. The van der Waals surface area contributed by atoms with Gasteiger partial charge in [-0.15, -0.1) is 0 Å². The predicted molar refractivity (Wildman–Crippen MR) is 72.1 cm³/mol. The van der Waals surface area contributed by atoms with Gasteiger partial charge in [0, 0.05) is 0 Å². The zero-order valence-corrected chi connectivity index (χ0v) is 12.9. The number of alkyl halides is 1. The van der Waals surface area contributed by atoms with Crippen molar-refractivity contribution in [2.24, 2.45) is 0 Å². The van der Waals surface area contributed by atoms with E-state index in [0.29, 0.717) is 0 Å². The van der Waals surface area contributed by atoms with Gasteiger partial charge in [-0.2, -0.15) is 0 Å². The number of rotatable bonds is 6. The van der Waals surface area contributed by atoms with Gasteiger partial charge >= 0.3 is 0 Å². The summed E-state index contributed by atoms with van der Waals surface area (Å²) in [6, 6.07) is 0. The van der Waals surface area contributed by atoms with E-state index in [2.05, 4.69) is 40.8 Å². The molecule has 0 N–H and O–H groups in total. The molecule has 92 valence electrons. The van der Waals surface area contributed by atoms with Crippen LogP contribution in [-0.4, -0.2) is 13.9 Å². The maximum absolute atomic E-state index is 6.22. The summed E-state index contributed by atoms with van der Waals surface area (Å²) in [5.74, 6) is 0. The summed E-state index contributed by atoms with van der Waals surface area (Å²) in [5, 5.41) is 0.255. The lowest BCUT2D eigenvalue weighted by molar-refractivity contribution is 0.240. The second-order valence-corrected chi connectivity index (χ2v) is 11.0. The van der Waals surface area contributed by atoms with E-state index in [1.807, 2.05) is 0 Å². The van der Waals surface area contributed by atoms with E-state index in [1.165, 1.54) is 19.3 Å². The van der Waals surface area contributed by atoms with Crippen molar-refractivity contribution in [3.8, 4) is 0 Å². The second kappa shape index (κ2) is 6.26. The first-order valence-electron chi connectivity index (χ1n) is 6.02. The first kappa shape index (κ1) is 15.5. The van der Waals surface area contributed by atoms with Crippen LogP contribution in [0.15, 0.2) is 0 Å². The van der Waals surface area contributed by atoms with Crippen molar-refractivity contribution in [1.82, 2.24) is 0 Å². The molecule has 1 unspecified atom stereocenters. The molecule has 0 saturated heterocycles. The lowest BCUT2D eigenvalue weighted by atomic mass is 10.2. The van der Waals surface area contributed by atoms with Gasteiger partial charge in [0.25, 0.3) is 0 Å². The number of hydrogen-bond acceptors (Lipinski definition) is 1. The number of unbranched alkanes of at least 4 members (excludes halogenated alkanes) is 2. The Morgan fingerprint density at radius 1 is 1.20 bits per heavy atom. The number of halogens is 1. The molecule has 0 aliphatic rings. The highest BCUT2D eigenvalue weighted by Crippen LogP contribution is 2.38. The van der Waals surface area contributed by atoms with Crippen LogP contribution in [0.25, 0.3) is 0 Å². The van der Waals surface area contributed by atoms with Gasteiger partial charge in [-0.25, -0.2) is 0 Å². The van der Waals surface area contributed by atoms with E-state index < -0.39 is 8.32 Å². The van der Waals surface area contributed by atoms with Crippen LogP contribution >= 0.6 is 11.6 Å². The average Bonchev–Trinajstić information content (AvgIpc) is 2.01. The minimum atomic E-state index is -1.66. The molecule has 0 radical (unpaired) electrons. The van der Waals surface area contributed by atoms with Crippen molar-refractivity contribution < 1.29 is 4.43 Å². The van der Waals surface area contributed by atoms with Crippen LogP contribution in [0.3, 0.4) is 0 Å². The molecule has 3 heteroatoms. The summed E-state index contributed by atoms with van der Waals surface area (Å²) in [6.45, 7) is 13.4. The van der Waals surface area contributed by atoms with Crippen molar-refractivity contribution in [3.63, 3.8) is 0 Å². The van der Waals surface area contributed by atoms with Gasteiger partial charge in [-0.1, -0.05) is 52.1 Å². The highest BCUT2D eigenvalue weighted by Gasteiger charge is 2.38. The third kappa shape index (κ3) is 5.93. The SMILES string of the molecule is CCCCCC(Cl)O[Si](C)(C)C(C)(C)C. The lowest BCUT2D eigenvalue weighted by Crippen LogP contribution is -2.42. The van der Waals surface area contributed by atoms with E-state index in [1.54, 1.807) is 0 Å². The van der Waals surface area contributed by atoms with Crippen LogP contribution in [0.4, 0.5) is 0 Å². The molecule has 15 heavy (non-hydrogen) atoms. The van der Waals surface area contributed by atoms with Crippen LogP contribution in [0.2, 0.25) is 18.1 Å². The fourth-order valence-electron chi connectivity index (χ4n) is 1.11. The van der Waals surface area contributed by atoms with E-state index in [-0.39, 0.29) is 10.6 Å². The zero-order valence-electron chi connectivity index (χ0n) is 11.2. The predicted octanol–water partition coefficient (Wildman–Crippen LogP) is 5.15. The average molecular weight is 251 g/mol. The summed E-state index contributed by atoms with van der Waals surface area (Å²) < 4.78 is 6.05. The van der Waals surface area contributed by atoms with E-state index >= 15 is 0 Å². The molecule has 1 nitrogen and oxygen atoms in total. The Bertz CT molecular complexity index is 175. The Morgan fingerprint density at radius 2 is 1.73 bits per heavy atom. The van der Waals surface area contributed by atoms with Gasteiger partial charge < -0.3 is 4.43 Å². The normalized spacial score (nSPS) is 15.4. The highest BCUT2D eigenvalue weighted by atomic mass is 35.5. The third-order valence-electron chi connectivity index (χ3n) is 3.26. The minimum Gasteiger partial charge on any atom is -0.401 e. The van der Waals surface area contributed by atoms with Crippen molar-refractivity contribution in [2.75, 3.05) is 0 Å². The Balaban J connectivity index is 3.99. The zero-order chi connectivity index (χ0) is 12.1. The maximum Gasteiger partial charge on any atom is 0.194 e. The van der Waals surface area contributed by atoms with Gasteiger partial charge in [0.05, 0.1) is 0 Å². The van der Waals surface area contributed by atoms with Crippen LogP contribution in [0.1, 0.15) is 53.4 Å². The van der Waals surface area contributed by atoms with E-state index in [9.17, 15) is 0 Å². The van der Waals surface area contributed by atoms with E-state index in [4.69, 9.17) is 16.0 Å². The van der Waals surface area contributed by atoms with Crippen molar-refractivity contribution in [3.05, 3.63) is 0 Å². The molecule has 0 aromatic carbocycles. The second-order valence-electron chi connectivity index (χ2n) is 5.78. The fraction of sp³-hybridized carbons (Fsp3) is 1.00. The molecule has 0 aromatic heterocycles. The minimum absolute atomic E-state index is 0.0857. The summed E-state index contributed by atoms with van der Waals surface area (Å²) in [5.41, 5.74) is -0.0857. The van der Waals surface area contributed by atoms with Crippen molar-refractivity contribution in [1.29, 1.82) is 0 Å². The summed E-state index contributed by atoms with van der Waals surface area (Å²) >= 11 is 6.22. The summed E-state index contributed by atoms with van der Waals surface area (Å²) in [4.78, 5) is 0. The van der Waals surface area contributed by atoms with Crippen LogP contribution in [0, 0.1) is 0 Å². The molecule has 0 bridgehead atoms. The monoisotopic (exact) mass is 250 g/mol. The topological polar surface area (TPSA) is 9.23 Å². The van der Waals surface area contributed by atoms with Crippen molar-refractivity contribution >= 4 is 19.9 Å². The Kier molecular flexibility index (Phi) is 6.46. The molecule has 0 heterocycles. The molecule has 0 amide bonds. The first-order valence-corrected chi connectivity index (χ1v) is 9.37. The maximum atomic E-state index is 6.22. The largest absolute Gasteiger partial charge is 0.401 e. The molecular formula is C12H27ClOSi. The molecule has 0 aromatic rings. The molecular weight excluding hydrogens is 224 g/mol. The third-order valence-corrected chi connectivity index (χ3v) is 8.21. The highest BCUT2D eigenvalue weighted by molar-refractivity contribution is 6.74. The number of hydrogen-bond donors (Lipinski definition) is 0. The van der Waals surface area contributed by atoms with Crippen LogP contribution in [-0.2, 0) is 4.43 Å². The Morgan fingerprint density at radius 3 is 2.13 bits per heavy atom. The molecule has 0 aliphatic carbocycles. The molecule has 0 saturated carbocycles. The van der Waals surface area contributed by atoms with Gasteiger partial charge in [0.1, 0.15) is 5.56 Å². The van der Waals surface area contributed by atoms with Gasteiger partial charge in [0.15, 0.2) is 8.32 Å². The van der Waals surface area contributed by atoms with Gasteiger partial charge in [-0.3, -0.25) is 0 Å². The molecule has 1 atom stereocenters. The van der Waals surface area contributed by atoms with Crippen LogP contribution in [0.5, 0.6) is 0 Å². The smallest absolute Gasteiger partial charge is 0.194 e. The lowest BCUT2D eigenvalue weighted by Gasteiger charge is -2.37. The Hall–Kier alpha value is 0.467. The van der Waals surface area contributed by atoms with E-state index in [0.717, 1.165) is 6.42 Å². The Labute approximate surface area is 102 Å². The van der Waals surface area contributed by atoms with Crippen LogP contribution < -0.4 is 0 Å². The van der Waals surface area contributed by atoms with Crippen molar-refractivity contribution in [2.45, 2.75) is 77.1 Å². The standard InChI is InChI=1S/C12H27ClOSi/c1-7-8-9-10-11(13)14-15(5,6)12(2,3)4/h11H,7-10H2,1-6H3.